The summed E-state index contributed by atoms with van der Waals surface area (Å²) < 4.78 is 39.7. The fourth-order valence-electron chi connectivity index (χ4n) is 4.19. The van der Waals surface area contributed by atoms with Gasteiger partial charge in [-0.15, -0.1) is 0 Å². The Morgan fingerprint density at radius 1 is 1.24 bits per heavy atom. The van der Waals surface area contributed by atoms with Gasteiger partial charge in [-0.1, -0.05) is 0 Å². The van der Waals surface area contributed by atoms with Crippen LogP contribution in [0.1, 0.15) is 37.4 Å². The molecular weight excluding hydrogens is 435 g/mol. The number of amidine groups is 1. The minimum absolute atomic E-state index is 0.0328. The van der Waals surface area contributed by atoms with Crippen molar-refractivity contribution in [3.63, 3.8) is 0 Å². The molecule has 0 spiro atoms. The SMILES string of the molecule is CC1=CN2N=C(C(=O)N3CCN(C)CC3)CC2C(=N[C@H](C)c2cc(N)cc(C(F)(F)F)c2)N1. The zero-order chi connectivity index (χ0) is 23.9. The Morgan fingerprint density at radius 2 is 1.94 bits per heavy atom. The molecule has 8 nitrogen and oxygen atoms in total. The van der Waals surface area contributed by atoms with E-state index in [1.54, 1.807) is 18.1 Å². The monoisotopic (exact) mass is 463 g/mol. The third-order valence-corrected chi connectivity index (χ3v) is 6.07. The van der Waals surface area contributed by atoms with Gasteiger partial charge in [0, 0.05) is 50.2 Å². The molecule has 33 heavy (non-hydrogen) atoms. The van der Waals surface area contributed by atoms with Crippen LogP contribution in [0, 0.1) is 0 Å². The van der Waals surface area contributed by atoms with Crippen molar-refractivity contribution in [3.8, 4) is 0 Å². The lowest BCUT2D eigenvalue weighted by Crippen LogP contribution is -2.49. The Kier molecular flexibility index (Phi) is 6.08. The van der Waals surface area contributed by atoms with Crippen LogP contribution in [0.15, 0.2) is 40.2 Å². The molecule has 1 amide bonds. The number of anilines is 1. The van der Waals surface area contributed by atoms with Crippen molar-refractivity contribution >= 4 is 23.1 Å². The molecule has 0 aliphatic carbocycles. The van der Waals surface area contributed by atoms with Crippen LogP contribution < -0.4 is 11.1 Å². The molecular formula is C22H28F3N7O. The first-order valence-corrected chi connectivity index (χ1v) is 10.9. The Balaban J connectivity index is 1.55. The van der Waals surface area contributed by atoms with Crippen LogP contribution >= 0.6 is 0 Å². The second-order valence-corrected chi connectivity index (χ2v) is 8.76. The number of aliphatic imine (C=N–C) groups is 1. The number of carbonyl (C=O) groups is 1. The van der Waals surface area contributed by atoms with Gasteiger partial charge in [-0.3, -0.25) is 14.8 Å². The molecule has 1 fully saturated rings. The van der Waals surface area contributed by atoms with Gasteiger partial charge in [0.25, 0.3) is 5.91 Å². The largest absolute Gasteiger partial charge is 0.416 e. The number of nitrogens with one attached hydrogen (secondary N) is 1. The molecule has 178 valence electrons. The van der Waals surface area contributed by atoms with Crippen LogP contribution in [0.4, 0.5) is 18.9 Å². The number of halogens is 3. The number of fused-ring (bicyclic) bond motifs is 1. The quantitative estimate of drug-likeness (QED) is 0.672. The molecule has 3 N–H and O–H groups in total. The molecule has 1 unspecified atom stereocenters. The number of hydrogen-bond acceptors (Lipinski definition) is 6. The smallest absolute Gasteiger partial charge is 0.399 e. The van der Waals surface area contributed by atoms with Crippen molar-refractivity contribution in [2.45, 2.75) is 38.5 Å². The van der Waals surface area contributed by atoms with Crippen LogP contribution in [0.2, 0.25) is 0 Å². The summed E-state index contributed by atoms with van der Waals surface area (Å²) in [4.78, 5) is 21.7. The van der Waals surface area contributed by atoms with E-state index in [1.165, 1.54) is 6.07 Å². The Bertz CT molecular complexity index is 1030. The molecule has 1 saturated heterocycles. The molecule has 4 rings (SSSR count). The number of rotatable bonds is 3. The van der Waals surface area contributed by atoms with E-state index in [-0.39, 0.29) is 17.6 Å². The van der Waals surface area contributed by atoms with E-state index in [1.807, 2.05) is 18.9 Å². The highest BCUT2D eigenvalue weighted by Gasteiger charge is 2.38. The highest BCUT2D eigenvalue weighted by Crippen LogP contribution is 2.34. The van der Waals surface area contributed by atoms with Crippen LogP contribution in [-0.4, -0.2) is 71.5 Å². The highest BCUT2D eigenvalue weighted by molar-refractivity contribution is 6.39. The molecule has 0 bridgehead atoms. The molecule has 3 aliphatic rings. The van der Waals surface area contributed by atoms with Gasteiger partial charge < -0.3 is 20.9 Å². The highest BCUT2D eigenvalue weighted by atomic mass is 19.4. The standard InChI is InChI=1S/C22H28F3N7O/c1-13-12-32-19(11-18(29-32)21(33)31-6-4-30(3)5-7-31)20(27-13)28-14(2)15-8-16(22(23,24)25)10-17(26)9-15/h8-10,12,14,19H,4-7,11,26H2,1-3H3,(H,27,28)/t14-,19?/m1/s1. The number of hydrogen-bond donors (Lipinski definition) is 2. The minimum Gasteiger partial charge on any atom is -0.399 e. The van der Waals surface area contributed by atoms with Crippen molar-refractivity contribution in [1.29, 1.82) is 0 Å². The van der Waals surface area contributed by atoms with Crippen LogP contribution in [0.3, 0.4) is 0 Å². The number of nitrogens with two attached hydrogens (primary N) is 1. The van der Waals surface area contributed by atoms with Gasteiger partial charge in [0.2, 0.25) is 0 Å². The first-order chi connectivity index (χ1) is 15.5. The van der Waals surface area contributed by atoms with E-state index in [2.05, 4.69) is 20.3 Å². The zero-order valence-electron chi connectivity index (χ0n) is 18.9. The maximum absolute atomic E-state index is 13.2. The molecule has 0 radical (unpaired) electrons. The maximum atomic E-state index is 13.2. The summed E-state index contributed by atoms with van der Waals surface area (Å²) in [6, 6.07) is 2.59. The number of hydrazone groups is 1. The van der Waals surface area contributed by atoms with E-state index in [9.17, 15) is 18.0 Å². The molecule has 1 aromatic rings. The maximum Gasteiger partial charge on any atom is 0.416 e. The number of piperazine rings is 1. The van der Waals surface area contributed by atoms with Gasteiger partial charge in [0.15, 0.2) is 0 Å². The number of likely N-dealkylation sites (N-methyl/N-ethyl adjacent to an activating group) is 1. The predicted molar refractivity (Wildman–Crippen MR) is 120 cm³/mol. The molecule has 3 heterocycles. The summed E-state index contributed by atoms with van der Waals surface area (Å²) in [6.07, 6.45) is -2.31. The molecule has 11 heteroatoms. The fourth-order valence-corrected chi connectivity index (χ4v) is 4.19. The van der Waals surface area contributed by atoms with Gasteiger partial charge in [0.05, 0.1) is 11.6 Å². The van der Waals surface area contributed by atoms with Gasteiger partial charge in [-0.05, 0) is 44.7 Å². The van der Waals surface area contributed by atoms with Crippen LogP contribution in [0.5, 0.6) is 0 Å². The van der Waals surface area contributed by atoms with Crippen molar-refractivity contribution in [3.05, 3.63) is 41.2 Å². The van der Waals surface area contributed by atoms with E-state index in [0.29, 0.717) is 36.6 Å². The zero-order valence-corrected chi connectivity index (χ0v) is 18.9. The summed E-state index contributed by atoms with van der Waals surface area (Å²) in [5, 5.41) is 9.44. The number of nitrogens with zero attached hydrogens (tertiary/aromatic N) is 5. The summed E-state index contributed by atoms with van der Waals surface area (Å²) in [5.41, 5.74) is 6.55. The number of carbonyl (C=O) groups excluding carboxylic acids is 1. The lowest BCUT2D eigenvalue weighted by atomic mass is 10.0. The van der Waals surface area contributed by atoms with E-state index >= 15 is 0 Å². The number of allylic oxidation sites excluding steroid dienone is 1. The first kappa shape index (κ1) is 23.1. The molecule has 1 aromatic carbocycles. The summed E-state index contributed by atoms with van der Waals surface area (Å²) in [5.74, 6) is 0.477. The van der Waals surface area contributed by atoms with E-state index in [4.69, 9.17) is 5.73 Å². The molecule has 3 aliphatic heterocycles. The average Bonchev–Trinajstić information content (AvgIpc) is 3.17. The molecule has 0 aromatic heterocycles. The topological polar surface area (TPSA) is 89.6 Å². The summed E-state index contributed by atoms with van der Waals surface area (Å²) in [6.45, 7) is 6.50. The lowest BCUT2D eigenvalue weighted by molar-refractivity contribution is -0.137. The van der Waals surface area contributed by atoms with E-state index < -0.39 is 17.8 Å². The second-order valence-electron chi connectivity index (χ2n) is 8.76. The van der Waals surface area contributed by atoms with Gasteiger partial charge in [0.1, 0.15) is 17.6 Å². The van der Waals surface area contributed by atoms with Crippen LogP contribution in [0.25, 0.3) is 0 Å². The number of benzene rings is 1. The number of nitrogen functional groups attached to an aromatic ring is 1. The third kappa shape index (κ3) is 4.97. The van der Waals surface area contributed by atoms with Gasteiger partial charge in [-0.25, -0.2) is 0 Å². The number of amides is 1. The van der Waals surface area contributed by atoms with Crippen molar-refractivity contribution in [2.75, 3.05) is 39.0 Å². The second kappa shape index (κ2) is 8.69. The Hall–Kier alpha value is -3.08. The fraction of sp³-hybridized carbons (Fsp3) is 0.500. The third-order valence-electron chi connectivity index (χ3n) is 6.07. The van der Waals surface area contributed by atoms with Gasteiger partial charge >= 0.3 is 6.18 Å². The normalized spacial score (nSPS) is 23.7. The summed E-state index contributed by atoms with van der Waals surface area (Å²) >= 11 is 0. The predicted octanol–water partition coefficient (Wildman–Crippen LogP) is 2.42. The minimum atomic E-state index is -4.49. The van der Waals surface area contributed by atoms with Gasteiger partial charge in [-0.2, -0.15) is 18.3 Å². The van der Waals surface area contributed by atoms with Crippen molar-refractivity contribution in [2.24, 2.45) is 10.1 Å². The van der Waals surface area contributed by atoms with Crippen molar-refractivity contribution in [1.82, 2.24) is 20.1 Å². The number of alkyl halides is 3. The average molecular weight is 464 g/mol. The molecule has 0 saturated carbocycles. The Morgan fingerprint density at radius 3 is 2.61 bits per heavy atom. The van der Waals surface area contributed by atoms with E-state index in [0.717, 1.165) is 30.9 Å². The Labute approximate surface area is 190 Å². The summed E-state index contributed by atoms with van der Waals surface area (Å²) in [7, 11) is 2.02. The first-order valence-electron chi connectivity index (χ1n) is 10.9. The lowest BCUT2D eigenvalue weighted by Gasteiger charge is -2.32. The molecule has 2 atom stereocenters. The van der Waals surface area contributed by atoms with Crippen molar-refractivity contribution < 1.29 is 18.0 Å². The van der Waals surface area contributed by atoms with Crippen LogP contribution in [-0.2, 0) is 11.0 Å².